The lowest BCUT2D eigenvalue weighted by atomic mass is 10.0. The van der Waals surface area contributed by atoms with Crippen LogP contribution >= 0.6 is 11.6 Å². The lowest BCUT2D eigenvalue weighted by molar-refractivity contribution is 0.0981. The molecular weight excluding hydrogens is 238 g/mol. The lowest BCUT2D eigenvalue weighted by Gasteiger charge is -2.11. The van der Waals surface area contributed by atoms with Gasteiger partial charge in [0.25, 0.3) is 0 Å². The molecule has 0 fully saturated rings. The van der Waals surface area contributed by atoms with Crippen molar-refractivity contribution in [2.45, 2.75) is 18.7 Å². The Morgan fingerprint density at radius 2 is 2.12 bits per heavy atom. The summed E-state index contributed by atoms with van der Waals surface area (Å²) in [5.41, 5.74) is -0.165. The first kappa shape index (κ1) is 12.9. The van der Waals surface area contributed by atoms with Crippen molar-refractivity contribution in [2.24, 2.45) is 0 Å². The quantitative estimate of drug-likeness (QED) is 0.604. The van der Waals surface area contributed by atoms with Crippen LogP contribution in [-0.4, -0.2) is 18.3 Å². The molecule has 1 unspecified atom stereocenters. The molecule has 1 rings (SSSR count). The molecule has 0 N–H and O–H groups in total. The van der Waals surface area contributed by atoms with E-state index in [1.54, 1.807) is 6.92 Å². The summed E-state index contributed by atoms with van der Waals surface area (Å²) in [6.45, 7) is 1.71. The molecule has 0 aliphatic carbocycles. The summed E-state index contributed by atoms with van der Waals surface area (Å²) in [7, 11) is 1.21. The summed E-state index contributed by atoms with van der Waals surface area (Å²) in [6, 6.07) is 1.58. The van der Waals surface area contributed by atoms with Crippen LogP contribution in [-0.2, 0) is 0 Å². The second kappa shape index (κ2) is 5.25. The summed E-state index contributed by atoms with van der Waals surface area (Å²) >= 11 is 5.73. The predicted octanol–water partition coefficient (Wildman–Crippen LogP) is 3.17. The van der Waals surface area contributed by atoms with Crippen LogP contribution in [0.3, 0.4) is 0 Å². The number of methoxy groups -OCH3 is 1. The van der Waals surface area contributed by atoms with Crippen LogP contribution in [0, 0.1) is 11.6 Å². The van der Waals surface area contributed by atoms with Gasteiger partial charge in [0, 0.05) is 6.07 Å². The number of hydrogen-bond donors (Lipinski definition) is 0. The summed E-state index contributed by atoms with van der Waals surface area (Å²) in [5, 5.41) is -0.810. The molecule has 0 radical (unpaired) electrons. The Balaban J connectivity index is 3.26. The van der Waals surface area contributed by atoms with E-state index < -0.39 is 22.8 Å². The van der Waals surface area contributed by atoms with Crippen molar-refractivity contribution < 1.29 is 18.3 Å². The van der Waals surface area contributed by atoms with Gasteiger partial charge in [-0.2, -0.15) is 0 Å². The van der Waals surface area contributed by atoms with Gasteiger partial charge >= 0.3 is 0 Å². The van der Waals surface area contributed by atoms with Crippen molar-refractivity contribution in [1.29, 1.82) is 0 Å². The van der Waals surface area contributed by atoms with Crippen molar-refractivity contribution in [1.82, 2.24) is 0 Å². The number of ether oxygens (including phenoxy) is 1. The summed E-state index contributed by atoms with van der Waals surface area (Å²) in [4.78, 5) is 11.7. The molecule has 1 atom stereocenters. The van der Waals surface area contributed by atoms with Crippen LogP contribution in [0.25, 0.3) is 0 Å². The highest BCUT2D eigenvalue weighted by Crippen LogP contribution is 2.26. The maximum absolute atomic E-state index is 13.3. The number of carbonyl (C=O) groups is 1. The third kappa shape index (κ3) is 2.50. The highest BCUT2D eigenvalue weighted by Gasteiger charge is 2.22. The molecule has 0 bridgehead atoms. The van der Waals surface area contributed by atoms with Crippen LogP contribution in [0.2, 0.25) is 0 Å². The zero-order chi connectivity index (χ0) is 12.3. The van der Waals surface area contributed by atoms with Crippen molar-refractivity contribution in [3.8, 4) is 5.75 Å². The number of alkyl halides is 1. The minimum absolute atomic E-state index is 0.165. The molecular formula is C11H11ClF2O2. The first-order valence-electron chi connectivity index (χ1n) is 4.72. The molecule has 2 nitrogen and oxygen atoms in total. The van der Waals surface area contributed by atoms with Crippen LogP contribution in [0.1, 0.15) is 23.7 Å². The summed E-state index contributed by atoms with van der Waals surface area (Å²) in [5.74, 6) is -2.56. The number of hydrogen-bond acceptors (Lipinski definition) is 2. The van der Waals surface area contributed by atoms with Gasteiger partial charge in [-0.25, -0.2) is 8.78 Å². The summed E-state index contributed by atoms with van der Waals surface area (Å²) in [6.07, 6.45) is 0.377. The van der Waals surface area contributed by atoms with Crippen LogP contribution in [0.5, 0.6) is 5.75 Å². The standard InChI is InChI=1S/C11H11ClF2O2/c1-3-8(12)10(15)7-4-6(13)5-9(14)11(7)16-2/h4-5,8H,3H2,1-2H3. The molecule has 0 saturated carbocycles. The van der Waals surface area contributed by atoms with E-state index in [0.29, 0.717) is 12.5 Å². The van der Waals surface area contributed by atoms with E-state index in [4.69, 9.17) is 16.3 Å². The maximum Gasteiger partial charge on any atom is 0.184 e. The first-order chi connectivity index (χ1) is 7.51. The SMILES string of the molecule is CCC(Cl)C(=O)c1cc(F)cc(F)c1OC. The second-order valence-electron chi connectivity index (χ2n) is 3.21. The Bertz CT molecular complexity index is 407. The van der Waals surface area contributed by atoms with Gasteiger partial charge in [0.15, 0.2) is 17.3 Å². The molecule has 0 aliphatic rings. The zero-order valence-corrected chi connectivity index (χ0v) is 9.65. The summed E-state index contributed by atoms with van der Waals surface area (Å²) < 4.78 is 31.0. The van der Waals surface area contributed by atoms with Crippen molar-refractivity contribution in [3.05, 3.63) is 29.3 Å². The van der Waals surface area contributed by atoms with E-state index >= 15 is 0 Å². The van der Waals surface area contributed by atoms with E-state index in [-0.39, 0.29) is 11.3 Å². The molecule has 0 aliphatic heterocycles. The van der Waals surface area contributed by atoms with Crippen LogP contribution in [0.4, 0.5) is 8.78 Å². The van der Waals surface area contributed by atoms with Crippen LogP contribution < -0.4 is 4.74 Å². The molecule has 1 aromatic rings. The number of Topliss-reactive ketones (excluding diaryl/α,β-unsaturated/α-hetero) is 1. The van der Waals surface area contributed by atoms with Crippen molar-refractivity contribution in [3.63, 3.8) is 0 Å². The lowest BCUT2D eigenvalue weighted by Crippen LogP contribution is -2.15. The van der Waals surface area contributed by atoms with Crippen LogP contribution in [0.15, 0.2) is 12.1 Å². The van der Waals surface area contributed by atoms with Gasteiger partial charge in [-0.3, -0.25) is 4.79 Å². The van der Waals surface area contributed by atoms with Gasteiger partial charge in [0.2, 0.25) is 0 Å². The number of benzene rings is 1. The Morgan fingerprint density at radius 1 is 1.50 bits per heavy atom. The molecule has 1 aromatic carbocycles. The minimum atomic E-state index is -0.911. The van der Waals surface area contributed by atoms with E-state index in [1.165, 1.54) is 7.11 Å². The van der Waals surface area contributed by atoms with E-state index in [9.17, 15) is 13.6 Å². The average Bonchev–Trinajstić information content (AvgIpc) is 2.26. The van der Waals surface area contributed by atoms with Gasteiger partial charge in [0.05, 0.1) is 18.1 Å². The minimum Gasteiger partial charge on any atom is -0.493 e. The Hall–Kier alpha value is -1.16. The number of ketones is 1. The molecule has 0 spiro atoms. The molecule has 0 heterocycles. The molecule has 16 heavy (non-hydrogen) atoms. The fourth-order valence-electron chi connectivity index (χ4n) is 1.30. The van der Waals surface area contributed by atoms with Gasteiger partial charge in [-0.1, -0.05) is 6.92 Å². The fourth-order valence-corrected chi connectivity index (χ4v) is 1.42. The third-order valence-electron chi connectivity index (χ3n) is 2.12. The Labute approximate surface area is 97.2 Å². The fraction of sp³-hybridized carbons (Fsp3) is 0.364. The number of halogens is 3. The predicted molar refractivity (Wildman–Crippen MR) is 57.2 cm³/mol. The molecule has 0 saturated heterocycles. The maximum atomic E-state index is 13.3. The molecule has 0 aromatic heterocycles. The van der Waals surface area contributed by atoms with Gasteiger partial charge in [0.1, 0.15) is 5.82 Å². The molecule has 5 heteroatoms. The van der Waals surface area contributed by atoms with Gasteiger partial charge in [-0.15, -0.1) is 11.6 Å². The first-order valence-corrected chi connectivity index (χ1v) is 5.16. The number of rotatable bonds is 4. The Kier molecular flexibility index (Phi) is 4.24. The van der Waals surface area contributed by atoms with E-state index in [2.05, 4.69) is 0 Å². The largest absolute Gasteiger partial charge is 0.493 e. The normalized spacial score (nSPS) is 12.3. The average molecular weight is 249 g/mol. The topological polar surface area (TPSA) is 26.3 Å². The third-order valence-corrected chi connectivity index (χ3v) is 2.63. The highest BCUT2D eigenvalue weighted by atomic mass is 35.5. The van der Waals surface area contributed by atoms with Crippen molar-refractivity contribution >= 4 is 17.4 Å². The Morgan fingerprint density at radius 3 is 2.62 bits per heavy atom. The second-order valence-corrected chi connectivity index (χ2v) is 3.74. The van der Waals surface area contributed by atoms with Gasteiger partial charge in [-0.05, 0) is 12.5 Å². The number of carbonyl (C=O) groups excluding carboxylic acids is 1. The van der Waals surface area contributed by atoms with E-state index in [0.717, 1.165) is 6.07 Å². The smallest absolute Gasteiger partial charge is 0.184 e. The molecule has 88 valence electrons. The van der Waals surface area contributed by atoms with E-state index in [1.807, 2.05) is 0 Å². The van der Waals surface area contributed by atoms with Crippen molar-refractivity contribution in [2.75, 3.05) is 7.11 Å². The molecule has 0 amide bonds. The zero-order valence-electron chi connectivity index (χ0n) is 8.89. The highest BCUT2D eigenvalue weighted by molar-refractivity contribution is 6.34. The van der Waals surface area contributed by atoms with Gasteiger partial charge < -0.3 is 4.74 Å². The monoisotopic (exact) mass is 248 g/mol.